The van der Waals surface area contributed by atoms with Crippen molar-refractivity contribution in [3.63, 3.8) is 0 Å². The van der Waals surface area contributed by atoms with Crippen LogP contribution in [-0.2, 0) is 81.4 Å². The molecule has 0 bridgehead atoms. The fourth-order valence-electron chi connectivity index (χ4n) is 9.52. The first-order chi connectivity index (χ1) is 36.2. The highest BCUT2D eigenvalue weighted by molar-refractivity contribution is 6.13. The quantitative estimate of drug-likeness (QED) is 0.0254. The first kappa shape index (κ1) is 51.0. The van der Waals surface area contributed by atoms with E-state index in [4.69, 9.17) is 9.72 Å². The molecule has 0 aliphatic carbocycles. The Balaban J connectivity index is 0.795. The number of carbonyl (C=O) groups excluding carboxylic acids is 8. The van der Waals surface area contributed by atoms with Crippen LogP contribution in [0.5, 0.6) is 0 Å². The number of benzene rings is 3. The molecule has 6 aromatic rings. The second-order valence-electron chi connectivity index (χ2n) is 18.4. The summed E-state index contributed by atoms with van der Waals surface area (Å²) in [5, 5.41) is 35.7. The van der Waals surface area contributed by atoms with E-state index in [1.54, 1.807) is 58.8 Å². The smallest absolute Gasteiger partial charge is 0.343 e. The largest absolute Gasteiger partial charge is 0.458 e. The van der Waals surface area contributed by atoms with Crippen LogP contribution in [0, 0.1) is 0 Å². The number of nitrogens with one attached hydrogen (secondary N) is 5. The summed E-state index contributed by atoms with van der Waals surface area (Å²) in [6.45, 7) is 0.631. The zero-order chi connectivity index (χ0) is 52.8. The van der Waals surface area contributed by atoms with Crippen molar-refractivity contribution in [3.8, 4) is 11.4 Å². The molecule has 386 valence electrons. The molecule has 0 spiro atoms. The Kier molecular flexibility index (Phi) is 15.0. The molecule has 3 aliphatic heterocycles. The predicted molar refractivity (Wildman–Crippen MR) is 268 cm³/mol. The monoisotopic (exact) mass is 1020 g/mol. The summed E-state index contributed by atoms with van der Waals surface area (Å²) >= 11 is 0. The van der Waals surface area contributed by atoms with Crippen LogP contribution in [0.4, 0.5) is 0 Å². The van der Waals surface area contributed by atoms with Gasteiger partial charge in [0.2, 0.25) is 29.5 Å². The van der Waals surface area contributed by atoms with E-state index in [9.17, 15) is 48.3 Å². The van der Waals surface area contributed by atoms with Gasteiger partial charge < -0.3 is 41.0 Å². The van der Waals surface area contributed by atoms with Crippen LogP contribution in [0.2, 0.25) is 0 Å². The number of carbonyl (C=O) groups is 8. The molecular formula is C53H53N11O11. The minimum atomic E-state index is -1.99. The first-order valence-corrected chi connectivity index (χ1v) is 24.5. The number of amides is 7. The van der Waals surface area contributed by atoms with Gasteiger partial charge in [-0.05, 0) is 53.3 Å². The SMILES string of the molecule is CC[C@@]1(O)C(=O)OCc2c1cc1n(c2=O)Cc2c-1nc1ccc3ccccc3c1c2Cn1cc(CNC(=O)CNC(=O)[C@H](Cc2ccccc2)NC(=O)CNC(=O)CNC(=O)CCCCCN2C(=O)C=CC2=O)nn1. The van der Waals surface area contributed by atoms with Gasteiger partial charge in [0, 0.05) is 48.1 Å². The molecule has 75 heavy (non-hydrogen) atoms. The first-order valence-electron chi connectivity index (χ1n) is 24.5. The van der Waals surface area contributed by atoms with E-state index in [-0.39, 0.29) is 93.0 Å². The third kappa shape index (κ3) is 11.1. The summed E-state index contributed by atoms with van der Waals surface area (Å²) in [4.78, 5) is 121. The van der Waals surface area contributed by atoms with Gasteiger partial charge in [-0.2, -0.15) is 0 Å². The number of rotatable bonds is 21. The Morgan fingerprint density at radius 1 is 0.800 bits per heavy atom. The van der Waals surface area contributed by atoms with Crippen LogP contribution in [-0.4, -0.2) is 114 Å². The second-order valence-corrected chi connectivity index (χ2v) is 18.4. The molecule has 0 radical (unpaired) electrons. The highest BCUT2D eigenvalue weighted by atomic mass is 16.6. The van der Waals surface area contributed by atoms with Gasteiger partial charge in [-0.3, -0.25) is 43.3 Å². The van der Waals surface area contributed by atoms with Gasteiger partial charge in [0.15, 0.2) is 5.60 Å². The van der Waals surface area contributed by atoms with E-state index < -0.39 is 54.3 Å². The van der Waals surface area contributed by atoms with E-state index in [0.717, 1.165) is 37.7 Å². The summed E-state index contributed by atoms with van der Waals surface area (Å²) in [6, 6.07) is 21.2. The lowest BCUT2D eigenvalue weighted by Gasteiger charge is -2.31. The zero-order valence-corrected chi connectivity index (χ0v) is 40.9. The van der Waals surface area contributed by atoms with Crippen molar-refractivity contribution in [3.05, 3.63) is 135 Å². The van der Waals surface area contributed by atoms with E-state index in [2.05, 4.69) is 36.9 Å². The minimum absolute atomic E-state index is 0.00702. The van der Waals surface area contributed by atoms with E-state index in [1.165, 1.54) is 12.2 Å². The Hall–Kier alpha value is -8.92. The summed E-state index contributed by atoms with van der Waals surface area (Å²) < 4.78 is 8.47. The number of unbranched alkanes of at least 4 members (excludes halogenated alkanes) is 2. The number of esters is 1. The van der Waals surface area contributed by atoms with Gasteiger partial charge in [-0.1, -0.05) is 79.2 Å². The highest BCUT2D eigenvalue weighted by Gasteiger charge is 2.45. The van der Waals surface area contributed by atoms with Crippen LogP contribution in [0.15, 0.2) is 95.9 Å². The molecule has 6 N–H and O–H groups in total. The van der Waals surface area contributed by atoms with Gasteiger partial charge in [0.1, 0.15) is 18.3 Å². The van der Waals surface area contributed by atoms with Crippen molar-refractivity contribution in [2.24, 2.45) is 0 Å². The molecule has 3 aliphatic rings. The summed E-state index contributed by atoms with van der Waals surface area (Å²) in [6.07, 6.45) is 5.89. The molecule has 22 heteroatoms. The number of fused-ring (bicyclic) bond motifs is 7. The zero-order valence-electron chi connectivity index (χ0n) is 40.9. The number of nitrogens with zero attached hydrogens (tertiary/aromatic N) is 6. The molecule has 0 saturated carbocycles. The number of hydrogen-bond acceptors (Lipinski definition) is 14. The Morgan fingerprint density at radius 3 is 2.31 bits per heavy atom. The fraction of sp³-hybridized carbons (Fsp3) is 0.321. The fourth-order valence-corrected chi connectivity index (χ4v) is 9.52. The average molecular weight is 1020 g/mol. The van der Waals surface area contributed by atoms with Crippen molar-refractivity contribution in [1.29, 1.82) is 0 Å². The molecule has 2 atom stereocenters. The predicted octanol–water partition coefficient (Wildman–Crippen LogP) is 1.05. The second kappa shape index (κ2) is 22.1. The molecule has 22 nitrogen and oxygen atoms in total. The van der Waals surface area contributed by atoms with Crippen LogP contribution in [0.25, 0.3) is 33.1 Å². The van der Waals surface area contributed by atoms with Gasteiger partial charge in [-0.25, -0.2) is 14.5 Å². The van der Waals surface area contributed by atoms with Gasteiger partial charge in [0.05, 0.1) is 67.9 Å². The maximum atomic E-state index is 14.1. The number of aliphatic hydroxyl groups is 1. The van der Waals surface area contributed by atoms with Crippen molar-refractivity contribution in [2.45, 2.75) is 83.3 Å². The van der Waals surface area contributed by atoms with Crippen LogP contribution in [0.3, 0.4) is 0 Å². The van der Waals surface area contributed by atoms with Gasteiger partial charge in [-0.15, -0.1) is 5.10 Å². The van der Waals surface area contributed by atoms with E-state index in [0.29, 0.717) is 41.9 Å². The third-order valence-electron chi connectivity index (χ3n) is 13.5. The van der Waals surface area contributed by atoms with Crippen molar-refractivity contribution < 1.29 is 48.2 Å². The molecule has 0 unspecified atom stereocenters. The molecule has 3 aromatic heterocycles. The number of imide groups is 1. The van der Waals surface area contributed by atoms with Gasteiger partial charge >= 0.3 is 5.97 Å². The third-order valence-corrected chi connectivity index (χ3v) is 13.5. The van der Waals surface area contributed by atoms with Crippen LogP contribution in [0.1, 0.15) is 72.5 Å². The van der Waals surface area contributed by atoms with Crippen molar-refractivity contribution >= 4 is 69.0 Å². The summed E-state index contributed by atoms with van der Waals surface area (Å²) in [5.41, 5.74) is 2.41. The Morgan fingerprint density at radius 2 is 1.52 bits per heavy atom. The molecule has 0 saturated heterocycles. The molecule has 7 amide bonds. The normalized spacial score (nSPS) is 15.8. The van der Waals surface area contributed by atoms with Crippen molar-refractivity contribution in [1.82, 2.24) is 56.0 Å². The lowest BCUT2D eigenvalue weighted by Crippen LogP contribution is -2.52. The van der Waals surface area contributed by atoms with Crippen molar-refractivity contribution in [2.75, 3.05) is 26.2 Å². The number of cyclic esters (lactones) is 1. The van der Waals surface area contributed by atoms with Crippen LogP contribution >= 0.6 is 0 Å². The topological polar surface area (TPSA) is 295 Å². The molecule has 3 aromatic carbocycles. The Labute approximate surface area is 427 Å². The van der Waals surface area contributed by atoms with Crippen LogP contribution < -0.4 is 32.1 Å². The Bertz CT molecular complexity index is 3370. The average Bonchev–Trinajstić information content (AvgIpc) is 4.20. The number of ether oxygens (including phenoxy) is 1. The number of aromatic nitrogens is 5. The standard InChI is InChI=1S/C53H53N11O11/c1-2-53(74)38-22-41-49-36(29-64(41)51(72)37(38)30-75-52(53)73)35(48-34-14-9-8-13-32(34)16-17-39(48)59-49)28-62-27-33(60-61-62)23-54-44(67)25-57-50(71)40(21-31-11-5-3-6-12-31)58-45(68)26-56-43(66)24-55-42(65)15-7-4-10-20-63-46(69)18-19-47(63)70/h3,5-6,8-9,11-14,16-19,22,27,40,74H,2,4,7,10,15,20-21,23-26,28-30H2,1H3,(H,54,67)(H,55,65)(H,56,66)(H,57,71)(H,58,68)/t40-,53-/m0/s1. The lowest BCUT2D eigenvalue weighted by atomic mass is 9.86. The number of pyridine rings is 2. The maximum Gasteiger partial charge on any atom is 0.343 e. The number of hydrogen-bond donors (Lipinski definition) is 6. The summed E-state index contributed by atoms with van der Waals surface area (Å²) in [5.74, 6) is -4.45. The van der Waals surface area contributed by atoms with E-state index in [1.807, 2.05) is 36.4 Å². The molecule has 0 fully saturated rings. The highest BCUT2D eigenvalue weighted by Crippen LogP contribution is 2.41. The van der Waals surface area contributed by atoms with Gasteiger partial charge in [0.25, 0.3) is 17.4 Å². The lowest BCUT2D eigenvalue weighted by molar-refractivity contribution is -0.172. The summed E-state index contributed by atoms with van der Waals surface area (Å²) in [7, 11) is 0. The maximum absolute atomic E-state index is 14.1. The molecule has 9 rings (SSSR count). The van der Waals surface area contributed by atoms with E-state index >= 15 is 0 Å². The minimum Gasteiger partial charge on any atom is -0.458 e. The molecular weight excluding hydrogens is 967 g/mol. The molecule has 6 heterocycles.